The summed E-state index contributed by atoms with van der Waals surface area (Å²) in [5.74, 6) is -2.47. The van der Waals surface area contributed by atoms with Crippen LogP contribution in [-0.2, 0) is 33.3 Å². The Balaban J connectivity index is 1.23. The van der Waals surface area contributed by atoms with Crippen LogP contribution in [0.25, 0.3) is 0 Å². The SMILES string of the molecule is CCN1C[C@]2(COC(=O)c3ccccc3N3C(=O)C[C@H](C)C3=O)CC[C@H](OC)[C@@]34[C@@H]2[C@H](OC)[C@](O)([C@H]13)[C@@]1(O)C[C@H](OC)[C@H]2C[C@H]4[C@H]1[C@H]2OC. The number of hydrogen-bond acceptors (Lipinski definition) is 11. The van der Waals surface area contributed by atoms with Crippen LogP contribution < -0.4 is 4.90 Å². The van der Waals surface area contributed by atoms with Gasteiger partial charge >= 0.3 is 5.97 Å². The van der Waals surface area contributed by atoms with Crippen molar-refractivity contribution in [1.29, 1.82) is 0 Å². The Morgan fingerprint density at radius 2 is 1.80 bits per heavy atom. The first kappa shape index (κ1) is 33.7. The molecule has 2 heterocycles. The lowest BCUT2D eigenvalue weighted by Crippen LogP contribution is -2.82. The normalized spacial score (nSPS) is 48.0. The van der Waals surface area contributed by atoms with Gasteiger partial charge in [-0.1, -0.05) is 26.0 Å². The first-order valence-electron chi connectivity index (χ1n) is 17.9. The molecule has 7 fully saturated rings. The number of imide groups is 1. The number of carbonyl (C=O) groups excluding carboxylic acids is 3. The minimum atomic E-state index is -1.70. The molecule has 1 spiro atoms. The van der Waals surface area contributed by atoms with Crippen molar-refractivity contribution < 1.29 is 48.3 Å². The van der Waals surface area contributed by atoms with E-state index in [1.165, 1.54) is 0 Å². The summed E-state index contributed by atoms with van der Waals surface area (Å²) in [6, 6.07) is 6.12. The fraction of sp³-hybridized carbons (Fsp3) is 0.757. The van der Waals surface area contributed by atoms with E-state index < -0.39 is 46.1 Å². The molecule has 2 saturated heterocycles. The molecule has 7 aliphatic rings. The molecule has 0 aromatic heterocycles. The highest BCUT2D eigenvalue weighted by Crippen LogP contribution is 2.80. The molecule has 12 heteroatoms. The van der Waals surface area contributed by atoms with Gasteiger partial charge in [-0.05, 0) is 43.9 Å². The Labute approximate surface area is 287 Å². The average Bonchev–Trinajstić information content (AvgIpc) is 3.63. The zero-order valence-corrected chi connectivity index (χ0v) is 29.3. The van der Waals surface area contributed by atoms with Crippen molar-refractivity contribution in [2.75, 3.05) is 53.0 Å². The van der Waals surface area contributed by atoms with Gasteiger partial charge in [0, 0.05) is 82.3 Å². The van der Waals surface area contributed by atoms with Crippen LogP contribution in [0.3, 0.4) is 0 Å². The highest BCUT2D eigenvalue weighted by atomic mass is 16.5. The first-order chi connectivity index (χ1) is 23.4. The van der Waals surface area contributed by atoms with Crippen LogP contribution in [0.4, 0.5) is 5.69 Å². The molecule has 0 unspecified atom stereocenters. The molecule has 12 nitrogen and oxygen atoms in total. The average molecular weight is 683 g/mol. The van der Waals surface area contributed by atoms with Crippen LogP contribution in [0, 0.1) is 40.4 Å². The molecule has 1 aromatic carbocycles. The van der Waals surface area contributed by atoms with Crippen molar-refractivity contribution in [3.63, 3.8) is 0 Å². The second kappa shape index (κ2) is 11.3. The number of para-hydroxylation sites is 1. The van der Waals surface area contributed by atoms with Gasteiger partial charge in [0.25, 0.3) is 0 Å². The van der Waals surface area contributed by atoms with E-state index in [0.717, 1.165) is 11.3 Å². The third-order valence-electron chi connectivity index (χ3n) is 14.5. The number of hydrogen-bond donors (Lipinski definition) is 2. The zero-order chi connectivity index (χ0) is 34.8. The molecule has 268 valence electrons. The zero-order valence-electron chi connectivity index (χ0n) is 29.3. The molecule has 2 N–H and O–H groups in total. The molecule has 2 aliphatic heterocycles. The number of amides is 2. The summed E-state index contributed by atoms with van der Waals surface area (Å²) < 4.78 is 31.4. The highest BCUT2D eigenvalue weighted by molar-refractivity contribution is 6.22. The molecule has 14 atom stereocenters. The van der Waals surface area contributed by atoms with E-state index in [-0.39, 0.29) is 84.5 Å². The summed E-state index contributed by atoms with van der Waals surface area (Å²) in [7, 11) is 6.70. The highest BCUT2D eigenvalue weighted by Gasteiger charge is 2.91. The molecule has 5 saturated carbocycles. The molecular formula is C37H50N2O10. The number of aliphatic hydroxyl groups is 2. The molecule has 0 radical (unpaired) electrons. The van der Waals surface area contributed by atoms with Crippen molar-refractivity contribution in [1.82, 2.24) is 4.90 Å². The van der Waals surface area contributed by atoms with E-state index in [0.29, 0.717) is 25.9 Å². The molecular weight excluding hydrogens is 632 g/mol. The number of anilines is 1. The van der Waals surface area contributed by atoms with Gasteiger partial charge in [-0.15, -0.1) is 0 Å². The van der Waals surface area contributed by atoms with Crippen molar-refractivity contribution in [3.05, 3.63) is 29.8 Å². The van der Waals surface area contributed by atoms with Gasteiger partial charge in [0.15, 0.2) is 0 Å². The number of carbonyl (C=O) groups is 3. The van der Waals surface area contributed by atoms with Gasteiger partial charge in [0.1, 0.15) is 11.2 Å². The van der Waals surface area contributed by atoms with E-state index in [1.807, 2.05) is 0 Å². The van der Waals surface area contributed by atoms with Crippen LogP contribution in [0.2, 0.25) is 0 Å². The fourth-order valence-corrected chi connectivity index (χ4v) is 13.2. The molecule has 1 aromatic rings. The number of methoxy groups -OCH3 is 4. The lowest BCUT2D eigenvalue weighted by atomic mass is 9.42. The van der Waals surface area contributed by atoms with Gasteiger partial charge < -0.3 is 33.9 Å². The molecule has 8 rings (SSSR count). The monoisotopic (exact) mass is 682 g/mol. The Hall–Kier alpha value is -2.45. The van der Waals surface area contributed by atoms with Crippen LogP contribution in [-0.4, -0.2) is 123 Å². The lowest BCUT2D eigenvalue weighted by Gasteiger charge is -2.70. The summed E-state index contributed by atoms with van der Waals surface area (Å²) in [5, 5.41) is 26.6. The van der Waals surface area contributed by atoms with E-state index in [1.54, 1.807) is 59.6 Å². The summed E-state index contributed by atoms with van der Waals surface area (Å²) in [6.07, 6.45) is 0.813. The maximum atomic E-state index is 14.1. The summed E-state index contributed by atoms with van der Waals surface area (Å²) >= 11 is 0. The predicted octanol–water partition coefficient (Wildman–Crippen LogP) is 2.04. The van der Waals surface area contributed by atoms with E-state index >= 15 is 0 Å². The van der Waals surface area contributed by atoms with Gasteiger partial charge in [0.05, 0.1) is 48.3 Å². The van der Waals surface area contributed by atoms with Gasteiger partial charge in [-0.25, -0.2) is 9.69 Å². The van der Waals surface area contributed by atoms with Crippen molar-refractivity contribution >= 4 is 23.5 Å². The number of likely N-dealkylation sites (N-methyl/N-ethyl adjacent to an activating group) is 1. The number of ether oxygens (including phenoxy) is 5. The van der Waals surface area contributed by atoms with Crippen LogP contribution in [0.15, 0.2) is 24.3 Å². The van der Waals surface area contributed by atoms with E-state index in [2.05, 4.69) is 11.8 Å². The quantitative estimate of drug-likeness (QED) is 0.292. The first-order valence-corrected chi connectivity index (χ1v) is 17.9. The Kier molecular flexibility index (Phi) is 7.75. The summed E-state index contributed by atoms with van der Waals surface area (Å²) in [5.41, 5.74) is -4.17. The maximum absolute atomic E-state index is 14.1. The molecule has 5 aliphatic carbocycles. The lowest BCUT2D eigenvalue weighted by molar-refractivity contribution is -0.320. The topological polar surface area (TPSA) is 144 Å². The van der Waals surface area contributed by atoms with Crippen LogP contribution in [0.5, 0.6) is 0 Å². The van der Waals surface area contributed by atoms with Crippen LogP contribution in [0.1, 0.15) is 56.3 Å². The minimum Gasteiger partial charge on any atom is -0.461 e. The predicted molar refractivity (Wildman–Crippen MR) is 174 cm³/mol. The van der Waals surface area contributed by atoms with E-state index in [4.69, 9.17) is 23.7 Å². The molecule has 49 heavy (non-hydrogen) atoms. The molecule has 7 bridgehead atoms. The number of piperidine rings is 1. The number of benzene rings is 1. The summed E-state index contributed by atoms with van der Waals surface area (Å²) in [4.78, 5) is 43.3. The van der Waals surface area contributed by atoms with Crippen molar-refractivity contribution in [2.45, 2.75) is 87.6 Å². The Morgan fingerprint density at radius 3 is 2.43 bits per heavy atom. The second-order valence-corrected chi connectivity index (χ2v) is 16.0. The Morgan fingerprint density at radius 1 is 1.04 bits per heavy atom. The number of esters is 1. The number of fused-ring (bicyclic) bond motifs is 2. The number of likely N-dealkylation sites (tertiary alicyclic amines) is 1. The van der Waals surface area contributed by atoms with Crippen molar-refractivity contribution in [2.24, 2.45) is 40.4 Å². The van der Waals surface area contributed by atoms with Gasteiger partial charge in [0.2, 0.25) is 11.8 Å². The van der Waals surface area contributed by atoms with Gasteiger partial charge in [-0.3, -0.25) is 14.5 Å². The van der Waals surface area contributed by atoms with E-state index in [9.17, 15) is 24.6 Å². The second-order valence-electron chi connectivity index (χ2n) is 16.0. The number of nitrogens with zero attached hydrogens (tertiary/aromatic N) is 2. The summed E-state index contributed by atoms with van der Waals surface area (Å²) in [6.45, 7) is 4.95. The standard InChI is InChI=1S/C37H50N2O10/c1-7-38-17-34(18-49-32(42)20-10-8-9-11-23(20)39-26(40)14-19(2)31(39)41)13-12-25(46-4)36-22-15-21-24(45-3)16-35(43,27(22)28(21)47-5)37(44,33(36)38)30(48-6)29(34)36/h8-11,19,21-22,24-25,27-30,33,43-44H,7,12-18H2,1-6H3/t19-,21+,22-,24-,25-,27-,28-,29+,30-,33+,34-,35+,36-,37-/m0/s1. The van der Waals surface area contributed by atoms with Crippen LogP contribution >= 0.6 is 0 Å². The maximum Gasteiger partial charge on any atom is 0.340 e. The van der Waals surface area contributed by atoms with Gasteiger partial charge in [-0.2, -0.15) is 0 Å². The Bertz CT molecular complexity index is 1560. The fourth-order valence-electron chi connectivity index (χ4n) is 13.2. The minimum absolute atomic E-state index is 0.0358. The number of rotatable bonds is 9. The molecule has 2 amide bonds. The van der Waals surface area contributed by atoms with Crippen molar-refractivity contribution in [3.8, 4) is 0 Å². The third kappa shape index (κ3) is 3.86. The third-order valence-corrected chi connectivity index (χ3v) is 14.5. The smallest absolute Gasteiger partial charge is 0.340 e. The largest absolute Gasteiger partial charge is 0.461 e.